The molecule has 0 spiro atoms. The molecule has 6 heteroatoms. The summed E-state index contributed by atoms with van der Waals surface area (Å²) >= 11 is 1.83. The molecule has 0 saturated heterocycles. The molecule has 0 fully saturated rings. The fraction of sp³-hybridized carbons (Fsp3) is 0.714. The number of ether oxygens (including phenoxy) is 1. The second-order valence-electron chi connectivity index (χ2n) is 9.09. The highest BCUT2D eigenvalue weighted by atomic mass is 32.2. The van der Waals surface area contributed by atoms with E-state index in [4.69, 9.17) is 14.9 Å². The molecule has 2 N–H and O–H groups in total. The zero-order valence-corrected chi connectivity index (χ0v) is 21.8. The van der Waals surface area contributed by atoms with Crippen molar-refractivity contribution in [2.75, 3.05) is 12.4 Å². The van der Waals surface area contributed by atoms with Crippen LogP contribution in [0.1, 0.15) is 116 Å². The van der Waals surface area contributed by atoms with Crippen LogP contribution in [0.3, 0.4) is 0 Å². The average molecular weight is 495 g/mol. The molecule has 1 aromatic carbocycles. The first-order valence-corrected chi connectivity index (χ1v) is 14.4. The minimum Gasteiger partial charge on any atom is -0.492 e. The van der Waals surface area contributed by atoms with Gasteiger partial charge < -0.3 is 14.9 Å². The quantitative estimate of drug-likeness (QED) is 0.111. The lowest BCUT2D eigenvalue weighted by molar-refractivity contribution is -0.138. The highest BCUT2D eigenvalue weighted by Gasteiger charge is 2.05. The standard InChI is InChI=1S/C28H46O5S/c29-27(30)21-14-12-10-8-6-4-2-1-3-5-7-9-11-13-17-24-34-26-20-16-15-19-25(26)33-23-18-22-28(31)32/h15-16,19-20H,1-14,17-18,21-24H2,(H,29,30)(H,31,32). The molecule has 5 nitrogen and oxygen atoms in total. The van der Waals surface area contributed by atoms with Gasteiger partial charge in [0.2, 0.25) is 0 Å². The summed E-state index contributed by atoms with van der Waals surface area (Å²) in [6.07, 6.45) is 19.9. The number of benzene rings is 1. The summed E-state index contributed by atoms with van der Waals surface area (Å²) in [6, 6.07) is 8.04. The summed E-state index contributed by atoms with van der Waals surface area (Å²) < 4.78 is 5.78. The Hall–Kier alpha value is -1.69. The van der Waals surface area contributed by atoms with Gasteiger partial charge in [0.15, 0.2) is 0 Å². The number of unbranched alkanes of at least 4 members (excludes halogenated alkanes) is 14. The van der Waals surface area contributed by atoms with E-state index < -0.39 is 11.9 Å². The predicted octanol–water partition coefficient (Wildman–Crippen LogP) is 8.35. The molecule has 0 unspecified atom stereocenters. The summed E-state index contributed by atoms with van der Waals surface area (Å²) in [7, 11) is 0. The van der Waals surface area contributed by atoms with Crippen LogP contribution < -0.4 is 4.74 Å². The van der Waals surface area contributed by atoms with Gasteiger partial charge in [-0.3, -0.25) is 9.59 Å². The molecular formula is C28H46O5S. The highest BCUT2D eigenvalue weighted by Crippen LogP contribution is 2.30. The van der Waals surface area contributed by atoms with Crippen molar-refractivity contribution in [3.05, 3.63) is 24.3 Å². The molecular weight excluding hydrogens is 448 g/mol. The lowest BCUT2D eigenvalue weighted by Crippen LogP contribution is -2.02. The lowest BCUT2D eigenvalue weighted by atomic mass is 10.0. The number of hydrogen-bond donors (Lipinski definition) is 2. The smallest absolute Gasteiger partial charge is 0.303 e. The monoisotopic (exact) mass is 494 g/mol. The van der Waals surface area contributed by atoms with Gasteiger partial charge in [-0.1, -0.05) is 95.6 Å². The van der Waals surface area contributed by atoms with E-state index in [1.54, 1.807) is 0 Å². The van der Waals surface area contributed by atoms with E-state index >= 15 is 0 Å². The van der Waals surface area contributed by atoms with E-state index in [9.17, 15) is 9.59 Å². The molecule has 0 aliphatic heterocycles. The number of carboxylic acid groups (broad SMARTS) is 2. The van der Waals surface area contributed by atoms with Crippen LogP contribution in [0.5, 0.6) is 5.75 Å². The molecule has 1 aromatic rings. The number of thioether (sulfide) groups is 1. The van der Waals surface area contributed by atoms with Gasteiger partial charge in [-0.25, -0.2) is 0 Å². The van der Waals surface area contributed by atoms with E-state index in [0.29, 0.717) is 19.4 Å². The Bertz CT molecular complexity index is 649. The molecule has 0 heterocycles. The van der Waals surface area contributed by atoms with Crippen LogP contribution >= 0.6 is 11.8 Å². The number of para-hydroxylation sites is 1. The van der Waals surface area contributed by atoms with Crippen molar-refractivity contribution >= 4 is 23.7 Å². The fourth-order valence-electron chi connectivity index (χ4n) is 3.95. The van der Waals surface area contributed by atoms with Gasteiger partial charge in [-0.05, 0) is 37.1 Å². The maximum atomic E-state index is 10.6. The van der Waals surface area contributed by atoms with Crippen LogP contribution in [0.4, 0.5) is 0 Å². The topological polar surface area (TPSA) is 83.8 Å². The summed E-state index contributed by atoms with van der Waals surface area (Å²) in [4.78, 5) is 22.2. The van der Waals surface area contributed by atoms with Gasteiger partial charge >= 0.3 is 11.9 Å². The second-order valence-corrected chi connectivity index (χ2v) is 10.2. The van der Waals surface area contributed by atoms with Crippen molar-refractivity contribution in [2.45, 2.75) is 120 Å². The van der Waals surface area contributed by atoms with Crippen LogP contribution in [0.25, 0.3) is 0 Å². The summed E-state index contributed by atoms with van der Waals surface area (Å²) in [5.74, 6) is 0.514. The third kappa shape index (κ3) is 18.7. The van der Waals surface area contributed by atoms with Crippen LogP contribution in [0, 0.1) is 0 Å². The zero-order valence-electron chi connectivity index (χ0n) is 21.0. The minimum atomic E-state index is -0.777. The Balaban J connectivity index is 1.88. The normalized spacial score (nSPS) is 10.9. The number of rotatable bonds is 24. The Morgan fingerprint density at radius 2 is 1.06 bits per heavy atom. The molecule has 34 heavy (non-hydrogen) atoms. The fourth-order valence-corrected chi connectivity index (χ4v) is 4.97. The van der Waals surface area contributed by atoms with Crippen molar-refractivity contribution in [1.29, 1.82) is 0 Å². The molecule has 0 aromatic heterocycles. The Morgan fingerprint density at radius 3 is 1.59 bits per heavy atom. The number of aliphatic carboxylic acids is 2. The average Bonchev–Trinajstić information content (AvgIpc) is 2.81. The van der Waals surface area contributed by atoms with Crippen molar-refractivity contribution in [1.82, 2.24) is 0 Å². The third-order valence-electron chi connectivity index (χ3n) is 5.93. The van der Waals surface area contributed by atoms with Crippen molar-refractivity contribution in [2.24, 2.45) is 0 Å². The van der Waals surface area contributed by atoms with Crippen molar-refractivity contribution in [3.63, 3.8) is 0 Å². The first kappa shape index (κ1) is 30.3. The molecule has 0 atom stereocenters. The molecule has 1 rings (SSSR count). The Labute approximate surface area is 211 Å². The first-order valence-electron chi connectivity index (χ1n) is 13.4. The summed E-state index contributed by atoms with van der Waals surface area (Å²) in [5.41, 5.74) is 0. The molecule has 0 bridgehead atoms. The van der Waals surface area contributed by atoms with Crippen LogP contribution in [-0.2, 0) is 9.59 Å². The first-order chi connectivity index (χ1) is 16.6. The minimum absolute atomic E-state index is 0.147. The van der Waals surface area contributed by atoms with Gasteiger partial charge in [0.25, 0.3) is 0 Å². The van der Waals surface area contributed by atoms with Crippen molar-refractivity contribution < 1.29 is 24.5 Å². The largest absolute Gasteiger partial charge is 0.492 e. The summed E-state index contributed by atoms with van der Waals surface area (Å²) in [6.45, 7) is 0.444. The van der Waals surface area contributed by atoms with Gasteiger partial charge in [-0.15, -0.1) is 11.8 Å². The van der Waals surface area contributed by atoms with Crippen LogP contribution in [0.15, 0.2) is 29.2 Å². The van der Waals surface area contributed by atoms with E-state index in [2.05, 4.69) is 6.07 Å². The summed E-state index contributed by atoms with van der Waals surface area (Å²) in [5, 5.41) is 17.3. The van der Waals surface area contributed by atoms with Gasteiger partial charge in [-0.2, -0.15) is 0 Å². The maximum absolute atomic E-state index is 10.6. The van der Waals surface area contributed by atoms with Gasteiger partial charge in [0, 0.05) is 17.7 Å². The van der Waals surface area contributed by atoms with Gasteiger partial charge in [0.05, 0.1) is 6.61 Å². The van der Waals surface area contributed by atoms with E-state index in [0.717, 1.165) is 29.2 Å². The second kappa shape index (κ2) is 21.8. The Morgan fingerprint density at radius 1 is 0.618 bits per heavy atom. The number of carboxylic acids is 2. The lowest BCUT2D eigenvalue weighted by Gasteiger charge is -2.10. The number of hydrogen-bond acceptors (Lipinski definition) is 4. The molecule has 0 aliphatic carbocycles. The molecule has 0 radical (unpaired) electrons. The van der Waals surface area contributed by atoms with E-state index in [1.807, 2.05) is 30.0 Å². The Kier molecular flexibility index (Phi) is 19.5. The maximum Gasteiger partial charge on any atom is 0.303 e. The number of carbonyl (C=O) groups is 2. The molecule has 0 aliphatic rings. The molecule has 194 valence electrons. The van der Waals surface area contributed by atoms with Gasteiger partial charge in [0.1, 0.15) is 5.75 Å². The van der Waals surface area contributed by atoms with Crippen molar-refractivity contribution in [3.8, 4) is 5.75 Å². The predicted molar refractivity (Wildman–Crippen MR) is 141 cm³/mol. The zero-order chi connectivity index (χ0) is 24.7. The molecule has 0 saturated carbocycles. The highest BCUT2D eigenvalue weighted by molar-refractivity contribution is 7.99. The van der Waals surface area contributed by atoms with E-state index in [1.165, 1.54) is 83.5 Å². The SMILES string of the molecule is O=C(O)CCCCCCCCCCCCCCCCCSc1ccccc1OCCCC(=O)O. The third-order valence-corrected chi connectivity index (χ3v) is 7.08. The molecule has 0 amide bonds. The van der Waals surface area contributed by atoms with Crippen LogP contribution in [-0.4, -0.2) is 34.5 Å². The van der Waals surface area contributed by atoms with Crippen LogP contribution in [0.2, 0.25) is 0 Å². The van der Waals surface area contributed by atoms with E-state index in [-0.39, 0.29) is 6.42 Å².